The summed E-state index contributed by atoms with van der Waals surface area (Å²) in [6.07, 6.45) is 3.62. The largest absolute Gasteiger partial charge is 0.354 e. The van der Waals surface area contributed by atoms with Gasteiger partial charge < -0.3 is 9.88 Å². The van der Waals surface area contributed by atoms with Crippen molar-refractivity contribution >= 4 is 16.5 Å². The first-order valence-corrected chi connectivity index (χ1v) is 8.01. The van der Waals surface area contributed by atoms with Gasteiger partial charge in [-0.1, -0.05) is 30.3 Å². The highest BCUT2D eigenvalue weighted by atomic mass is 32.1. The van der Waals surface area contributed by atoms with Crippen LogP contribution in [0.1, 0.15) is 23.1 Å². The minimum atomic E-state index is 0.0284. The second kappa shape index (κ2) is 6.72. The number of thiazole rings is 1. The smallest absolute Gasteiger partial charge is 0.185 e. The van der Waals surface area contributed by atoms with Gasteiger partial charge in [0.15, 0.2) is 5.13 Å². The molecule has 2 heterocycles. The minimum absolute atomic E-state index is 0.0284. The van der Waals surface area contributed by atoms with Gasteiger partial charge in [-0.05, 0) is 5.56 Å². The van der Waals surface area contributed by atoms with Crippen molar-refractivity contribution in [1.82, 2.24) is 20.3 Å². The standard InChI is InChI=1S/C16H19N5S/c1-21(2)16-20-13(11-22-16)10-19-14(15-17-8-9-18-15)12-6-4-3-5-7-12/h3-9,11,14,19H,10H2,1-2H3,(H,17,18). The molecule has 0 radical (unpaired) electrons. The van der Waals surface area contributed by atoms with Crippen molar-refractivity contribution < 1.29 is 0 Å². The summed E-state index contributed by atoms with van der Waals surface area (Å²) in [6, 6.07) is 10.3. The van der Waals surface area contributed by atoms with Gasteiger partial charge in [0.05, 0.1) is 11.7 Å². The zero-order valence-corrected chi connectivity index (χ0v) is 13.5. The van der Waals surface area contributed by atoms with Crippen LogP contribution in [0.5, 0.6) is 0 Å². The second-order valence-corrected chi connectivity index (χ2v) is 6.05. The van der Waals surface area contributed by atoms with Crippen LogP contribution in [-0.2, 0) is 6.54 Å². The molecule has 114 valence electrons. The number of benzene rings is 1. The molecule has 2 aromatic heterocycles. The van der Waals surface area contributed by atoms with Gasteiger partial charge >= 0.3 is 0 Å². The summed E-state index contributed by atoms with van der Waals surface area (Å²) in [7, 11) is 4.01. The van der Waals surface area contributed by atoms with Gasteiger partial charge in [0.2, 0.25) is 0 Å². The predicted molar refractivity (Wildman–Crippen MR) is 90.2 cm³/mol. The van der Waals surface area contributed by atoms with Crippen molar-refractivity contribution in [3.8, 4) is 0 Å². The Bertz CT molecular complexity index is 690. The molecule has 0 spiro atoms. The van der Waals surface area contributed by atoms with Crippen LogP contribution in [0.3, 0.4) is 0 Å². The Hall–Kier alpha value is -2.18. The normalized spacial score (nSPS) is 12.3. The van der Waals surface area contributed by atoms with E-state index in [1.54, 1.807) is 17.5 Å². The van der Waals surface area contributed by atoms with E-state index in [0.29, 0.717) is 6.54 Å². The molecule has 0 bridgehead atoms. The molecule has 1 atom stereocenters. The van der Waals surface area contributed by atoms with Gasteiger partial charge in [-0.15, -0.1) is 11.3 Å². The highest BCUT2D eigenvalue weighted by molar-refractivity contribution is 7.13. The highest BCUT2D eigenvalue weighted by Crippen LogP contribution is 2.21. The van der Waals surface area contributed by atoms with E-state index in [1.165, 1.54) is 5.56 Å². The summed E-state index contributed by atoms with van der Waals surface area (Å²) in [6.45, 7) is 0.699. The van der Waals surface area contributed by atoms with Gasteiger partial charge in [-0.2, -0.15) is 0 Å². The van der Waals surface area contributed by atoms with Crippen molar-refractivity contribution in [2.45, 2.75) is 12.6 Å². The molecule has 0 aliphatic heterocycles. The maximum atomic E-state index is 4.61. The van der Waals surface area contributed by atoms with Crippen LogP contribution >= 0.6 is 11.3 Å². The van der Waals surface area contributed by atoms with Crippen molar-refractivity contribution in [3.05, 3.63) is 65.2 Å². The molecule has 0 saturated heterocycles. The number of rotatable bonds is 6. The average Bonchev–Trinajstić information content (AvgIpc) is 3.20. The summed E-state index contributed by atoms with van der Waals surface area (Å²) < 4.78 is 0. The molecule has 22 heavy (non-hydrogen) atoms. The van der Waals surface area contributed by atoms with E-state index in [9.17, 15) is 0 Å². The molecule has 1 aromatic carbocycles. The molecule has 0 amide bonds. The monoisotopic (exact) mass is 313 g/mol. The average molecular weight is 313 g/mol. The third kappa shape index (κ3) is 3.35. The SMILES string of the molecule is CN(C)c1nc(CNC(c2ccccc2)c2ncc[nH]2)cs1. The molecular weight excluding hydrogens is 294 g/mol. The number of H-pyrrole nitrogens is 1. The van der Waals surface area contributed by atoms with E-state index >= 15 is 0 Å². The van der Waals surface area contributed by atoms with Crippen LogP contribution in [0.4, 0.5) is 5.13 Å². The second-order valence-electron chi connectivity index (χ2n) is 5.21. The lowest BCUT2D eigenvalue weighted by Gasteiger charge is -2.16. The fourth-order valence-corrected chi connectivity index (χ4v) is 3.00. The molecule has 1 unspecified atom stereocenters. The summed E-state index contributed by atoms with van der Waals surface area (Å²) >= 11 is 1.65. The Morgan fingerprint density at radius 1 is 1.27 bits per heavy atom. The maximum Gasteiger partial charge on any atom is 0.185 e. The van der Waals surface area contributed by atoms with E-state index in [2.05, 4.69) is 37.8 Å². The van der Waals surface area contributed by atoms with E-state index in [-0.39, 0.29) is 6.04 Å². The third-order valence-electron chi connectivity index (χ3n) is 3.34. The number of imidazole rings is 1. The fraction of sp³-hybridized carbons (Fsp3) is 0.250. The van der Waals surface area contributed by atoms with Gasteiger partial charge in [-0.3, -0.25) is 5.32 Å². The number of nitrogens with one attached hydrogen (secondary N) is 2. The van der Waals surface area contributed by atoms with Crippen molar-refractivity contribution in [1.29, 1.82) is 0 Å². The number of aromatic amines is 1. The molecular formula is C16H19N5S. The number of nitrogens with zero attached hydrogens (tertiary/aromatic N) is 3. The highest BCUT2D eigenvalue weighted by Gasteiger charge is 2.16. The van der Waals surface area contributed by atoms with Crippen molar-refractivity contribution in [3.63, 3.8) is 0 Å². The Labute approximate surface area is 134 Å². The van der Waals surface area contributed by atoms with E-state index in [1.807, 2.05) is 43.4 Å². The molecule has 3 aromatic rings. The Kier molecular flexibility index (Phi) is 4.50. The van der Waals surface area contributed by atoms with Crippen molar-refractivity contribution in [2.24, 2.45) is 0 Å². The molecule has 0 fully saturated rings. The Balaban J connectivity index is 1.76. The third-order valence-corrected chi connectivity index (χ3v) is 4.39. The summed E-state index contributed by atoms with van der Waals surface area (Å²) in [4.78, 5) is 14.2. The van der Waals surface area contributed by atoms with E-state index < -0.39 is 0 Å². The van der Waals surface area contributed by atoms with Crippen LogP contribution in [0.2, 0.25) is 0 Å². The van der Waals surface area contributed by atoms with Crippen LogP contribution in [0.25, 0.3) is 0 Å². The predicted octanol–water partition coefficient (Wildman–Crippen LogP) is 2.81. The fourth-order valence-electron chi connectivity index (χ4n) is 2.24. The zero-order valence-electron chi connectivity index (χ0n) is 12.7. The van der Waals surface area contributed by atoms with Crippen LogP contribution in [0, 0.1) is 0 Å². The van der Waals surface area contributed by atoms with Gasteiger partial charge in [-0.25, -0.2) is 9.97 Å². The minimum Gasteiger partial charge on any atom is -0.354 e. The number of anilines is 1. The first-order valence-electron chi connectivity index (χ1n) is 7.13. The molecule has 0 aliphatic carbocycles. The lowest BCUT2D eigenvalue weighted by Crippen LogP contribution is -2.23. The summed E-state index contributed by atoms with van der Waals surface area (Å²) in [5.41, 5.74) is 2.22. The van der Waals surface area contributed by atoms with Crippen molar-refractivity contribution in [2.75, 3.05) is 19.0 Å². The summed E-state index contributed by atoms with van der Waals surface area (Å²) in [5.74, 6) is 0.911. The maximum absolute atomic E-state index is 4.61. The molecule has 5 nitrogen and oxygen atoms in total. The lowest BCUT2D eigenvalue weighted by molar-refractivity contribution is 0.575. The lowest BCUT2D eigenvalue weighted by atomic mass is 10.1. The topological polar surface area (TPSA) is 56.8 Å². The number of hydrogen-bond acceptors (Lipinski definition) is 5. The number of hydrogen-bond donors (Lipinski definition) is 2. The Morgan fingerprint density at radius 3 is 2.73 bits per heavy atom. The Morgan fingerprint density at radius 2 is 2.09 bits per heavy atom. The number of aromatic nitrogens is 3. The van der Waals surface area contributed by atoms with Gasteiger partial charge in [0.1, 0.15) is 5.82 Å². The van der Waals surface area contributed by atoms with Gasteiger partial charge in [0, 0.05) is 38.4 Å². The molecule has 0 saturated carbocycles. The molecule has 6 heteroatoms. The summed E-state index contributed by atoms with van der Waals surface area (Å²) in [5, 5.41) is 6.65. The quantitative estimate of drug-likeness (QED) is 0.735. The van der Waals surface area contributed by atoms with Crippen LogP contribution < -0.4 is 10.2 Å². The van der Waals surface area contributed by atoms with E-state index in [4.69, 9.17) is 0 Å². The molecule has 0 aliphatic rings. The van der Waals surface area contributed by atoms with E-state index in [0.717, 1.165) is 16.6 Å². The van der Waals surface area contributed by atoms with Crippen LogP contribution in [-0.4, -0.2) is 29.0 Å². The molecule has 2 N–H and O–H groups in total. The molecule has 3 rings (SSSR count). The first kappa shape index (κ1) is 14.7. The van der Waals surface area contributed by atoms with Crippen LogP contribution in [0.15, 0.2) is 48.1 Å². The first-order chi connectivity index (χ1) is 10.7. The van der Waals surface area contributed by atoms with Gasteiger partial charge in [0.25, 0.3) is 0 Å². The zero-order chi connectivity index (χ0) is 15.4.